The Hall–Kier alpha value is -0.820. The maximum Gasteiger partial charge on any atom is 0.243 e. The first-order chi connectivity index (χ1) is 8.63. The molecule has 19 heavy (non-hydrogen) atoms. The van der Waals surface area contributed by atoms with Crippen molar-refractivity contribution >= 4 is 27.3 Å². The normalized spacial score (nSPS) is 24.8. The molecule has 1 aromatic carbocycles. The van der Waals surface area contributed by atoms with E-state index < -0.39 is 15.6 Å². The molecular formula is C12H17ClN2O3S. The van der Waals surface area contributed by atoms with Gasteiger partial charge in [-0.1, -0.05) is 11.6 Å². The van der Waals surface area contributed by atoms with Gasteiger partial charge in [-0.15, -0.1) is 0 Å². The fraction of sp³-hybridized carbons (Fsp3) is 0.500. The van der Waals surface area contributed by atoms with E-state index in [2.05, 4.69) is 0 Å². The largest absolute Gasteiger partial charge is 0.398 e. The topological polar surface area (TPSA) is 83.6 Å². The Balaban J connectivity index is 2.47. The minimum absolute atomic E-state index is 0.0845. The Labute approximate surface area is 118 Å². The highest BCUT2D eigenvalue weighted by atomic mass is 35.5. The predicted molar refractivity (Wildman–Crippen MR) is 74.6 cm³/mol. The van der Waals surface area contributed by atoms with E-state index in [1.807, 2.05) is 0 Å². The van der Waals surface area contributed by atoms with Crippen molar-refractivity contribution in [3.8, 4) is 0 Å². The summed E-state index contributed by atoms with van der Waals surface area (Å²) in [6.07, 6.45) is 0.418. The van der Waals surface area contributed by atoms with Crippen LogP contribution in [0.2, 0.25) is 5.02 Å². The predicted octanol–water partition coefficient (Wildman–Crippen LogP) is 1.38. The molecule has 3 N–H and O–H groups in total. The molecule has 1 heterocycles. The maximum absolute atomic E-state index is 12.5. The molecule has 1 unspecified atom stereocenters. The lowest BCUT2D eigenvalue weighted by molar-refractivity contribution is 0.0762. The quantitative estimate of drug-likeness (QED) is 0.809. The number of hydrogen-bond acceptors (Lipinski definition) is 4. The minimum Gasteiger partial charge on any atom is -0.398 e. The van der Waals surface area contributed by atoms with Crippen LogP contribution >= 0.6 is 11.6 Å². The Morgan fingerprint density at radius 1 is 1.47 bits per heavy atom. The van der Waals surface area contributed by atoms with E-state index in [0.717, 1.165) is 0 Å². The summed E-state index contributed by atoms with van der Waals surface area (Å²) in [6.45, 7) is 3.65. The lowest BCUT2D eigenvalue weighted by atomic mass is 10.1. The van der Waals surface area contributed by atoms with Crippen LogP contribution in [0.5, 0.6) is 0 Å². The number of nitrogens with zero attached hydrogens (tertiary/aromatic N) is 1. The van der Waals surface area contributed by atoms with E-state index in [9.17, 15) is 13.5 Å². The molecule has 0 amide bonds. The highest BCUT2D eigenvalue weighted by Gasteiger charge is 2.39. The second-order valence-electron chi connectivity index (χ2n) is 5.20. The smallest absolute Gasteiger partial charge is 0.243 e. The van der Waals surface area contributed by atoms with E-state index in [-0.39, 0.29) is 16.5 Å². The summed E-state index contributed by atoms with van der Waals surface area (Å²) in [7, 11) is -3.68. The molecule has 1 aliphatic heterocycles. The van der Waals surface area contributed by atoms with Gasteiger partial charge in [0.15, 0.2) is 0 Å². The van der Waals surface area contributed by atoms with E-state index in [1.54, 1.807) is 13.8 Å². The average molecular weight is 305 g/mol. The van der Waals surface area contributed by atoms with Gasteiger partial charge in [0.2, 0.25) is 10.0 Å². The number of halogens is 1. The van der Waals surface area contributed by atoms with Gasteiger partial charge in [0, 0.05) is 23.8 Å². The van der Waals surface area contributed by atoms with E-state index in [4.69, 9.17) is 17.3 Å². The third kappa shape index (κ3) is 2.72. The molecule has 1 aromatic rings. The van der Waals surface area contributed by atoms with Gasteiger partial charge in [-0.2, -0.15) is 4.31 Å². The van der Waals surface area contributed by atoms with Gasteiger partial charge in [-0.3, -0.25) is 0 Å². The summed E-state index contributed by atoms with van der Waals surface area (Å²) in [4.78, 5) is 0.107. The molecule has 7 heteroatoms. The molecule has 2 rings (SSSR count). The van der Waals surface area contributed by atoms with Gasteiger partial charge in [-0.25, -0.2) is 8.42 Å². The molecule has 0 spiro atoms. The van der Waals surface area contributed by atoms with Crippen molar-refractivity contribution in [1.82, 2.24) is 4.31 Å². The average Bonchev–Trinajstić information content (AvgIpc) is 2.64. The van der Waals surface area contributed by atoms with Crippen molar-refractivity contribution in [1.29, 1.82) is 0 Å². The summed E-state index contributed by atoms with van der Waals surface area (Å²) in [5.74, 6) is 0. The van der Waals surface area contributed by atoms with Gasteiger partial charge in [-0.05, 0) is 38.0 Å². The molecule has 0 aliphatic carbocycles. The zero-order chi connectivity index (χ0) is 14.4. The summed E-state index contributed by atoms with van der Waals surface area (Å²) in [5, 5.41) is 10.2. The summed E-state index contributed by atoms with van der Waals surface area (Å²) in [6, 6.07) is 2.92. The fourth-order valence-electron chi connectivity index (χ4n) is 2.19. The SMILES string of the molecule is Cc1c(N)cc(Cl)cc1S(=O)(=O)N1CCC(C)(O)C1. The number of benzene rings is 1. The molecule has 0 bridgehead atoms. The number of hydrogen-bond donors (Lipinski definition) is 2. The number of β-amino-alcohol motifs (C(OH)–C–C–N with tert-alkyl or cyclic N) is 1. The van der Waals surface area contributed by atoms with Crippen LogP contribution in [-0.2, 0) is 10.0 Å². The first-order valence-electron chi connectivity index (χ1n) is 5.92. The Morgan fingerprint density at radius 3 is 2.63 bits per heavy atom. The Kier molecular flexibility index (Phi) is 3.55. The second kappa shape index (κ2) is 4.63. The van der Waals surface area contributed by atoms with Gasteiger partial charge in [0.05, 0.1) is 10.5 Å². The molecular weight excluding hydrogens is 288 g/mol. The van der Waals surface area contributed by atoms with Crippen molar-refractivity contribution in [3.63, 3.8) is 0 Å². The monoisotopic (exact) mass is 304 g/mol. The van der Waals surface area contributed by atoms with Crippen molar-refractivity contribution in [3.05, 3.63) is 22.7 Å². The van der Waals surface area contributed by atoms with E-state index >= 15 is 0 Å². The highest BCUT2D eigenvalue weighted by Crippen LogP contribution is 2.31. The molecule has 106 valence electrons. The van der Waals surface area contributed by atoms with Crippen LogP contribution in [0, 0.1) is 6.92 Å². The first-order valence-corrected chi connectivity index (χ1v) is 7.73. The fourth-order valence-corrected chi connectivity index (χ4v) is 4.32. The number of sulfonamides is 1. The van der Waals surface area contributed by atoms with Crippen LogP contribution in [0.1, 0.15) is 18.9 Å². The summed E-state index contributed by atoms with van der Waals surface area (Å²) in [5.41, 5.74) is 5.60. The van der Waals surface area contributed by atoms with Gasteiger partial charge >= 0.3 is 0 Å². The number of rotatable bonds is 2. The van der Waals surface area contributed by atoms with Crippen molar-refractivity contribution < 1.29 is 13.5 Å². The van der Waals surface area contributed by atoms with Crippen LogP contribution in [-0.4, -0.2) is 36.5 Å². The van der Waals surface area contributed by atoms with E-state index in [0.29, 0.717) is 24.2 Å². The van der Waals surface area contributed by atoms with Crippen LogP contribution in [0.25, 0.3) is 0 Å². The van der Waals surface area contributed by atoms with Gasteiger partial charge < -0.3 is 10.8 Å². The number of nitrogen functional groups attached to an aromatic ring is 1. The molecule has 5 nitrogen and oxygen atoms in total. The zero-order valence-electron chi connectivity index (χ0n) is 10.9. The van der Waals surface area contributed by atoms with Crippen LogP contribution in [0.15, 0.2) is 17.0 Å². The van der Waals surface area contributed by atoms with Crippen molar-refractivity contribution in [2.75, 3.05) is 18.8 Å². The molecule has 0 aromatic heterocycles. The molecule has 0 saturated carbocycles. The second-order valence-corrected chi connectivity index (χ2v) is 7.55. The van der Waals surface area contributed by atoms with Crippen LogP contribution in [0.3, 0.4) is 0 Å². The zero-order valence-corrected chi connectivity index (χ0v) is 12.4. The highest BCUT2D eigenvalue weighted by molar-refractivity contribution is 7.89. The van der Waals surface area contributed by atoms with Gasteiger partial charge in [0.25, 0.3) is 0 Å². The minimum atomic E-state index is -3.68. The molecule has 1 fully saturated rings. The third-order valence-corrected chi connectivity index (χ3v) is 5.59. The Bertz CT molecular complexity index is 614. The lowest BCUT2D eigenvalue weighted by Gasteiger charge is -2.20. The van der Waals surface area contributed by atoms with Crippen LogP contribution in [0.4, 0.5) is 5.69 Å². The standard InChI is InChI=1S/C12H17ClN2O3S/c1-8-10(14)5-9(13)6-11(8)19(17,18)15-4-3-12(2,16)7-15/h5-6,16H,3-4,7,14H2,1-2H3. The molecule has 1 aliphatic rings. The van der Waals surface area contributed by atoms with E-state index in [1.165, 1.54) is 16.4 Å². The van der Waals surface area contributed by atoms with Crippen molar-refractivity contribution in [2.45, 2.75) is 30.8 Å². The summed E-state index contributed by atoms with van der Waals surface area (Å²) >= 11 is 5.88. The first kappa shape index (κ1) is 14.6. The summed E-state index contributed by atoms with van der Waals surface area (Å²) < 4.78 is 26.4. The number of nitrogens with two attached hydrogens (primary N) is 1. The molecule has 0 radical (unpaired) electrons. The van der Waals surface area contributed by atoms with Gasteiger partial charge in [0.1, 0.15) is 0 Å². The number of aliphatic hydroxyl groups is 1. The van der Waals surface area contributed by atoms with Crippen LogP contribution < -0.4 is 5.73 Å². The van der Waals surface area contributed by atoms with Crippen molar-refractivity contribution in [2.24, 2.45) is 0 Å². The Morgan fingerprint density at radius 2 is 2.11 bits per heavy atom. The third-order valence-electron chi connectivity index (χ3n) is 3.40. The number of anilines is 1. The lowest BCUT2D eigenvalue weighted by Crippen LogP contribution is -2.34. The maximum atomic E-state index is 12.5. The molecule has 1 saturated heterocycles. The molecule has 1 atom stereocenters.